The molecule has 1 amide bonds. The summed E-state index contributed by atoms with van der Waals surface area (Å²) in [5, 5.41) is 2.79. The Balaban J connectivity index is 1.48. The number of aryl methyl sites for hydroxylation is 2. The molecular formula is C25H32N2O5S. The van der Waals surface area contributed by atoms with Crippen LogP contribution in [-0.4, -0.2) is 44.9 Å². The van der Waals surface area contributed by atoms with Gasteiger partial charge in [-0.15, -0.1) is 0 Å². The van der Waals surface area contributed by atoms with Crippen LogP contribution in [0.4, 0.5) is 5.69 Å². The van der Waals surface area contributed by atoms with E-state index in [0.717, 1.165) is 32.1 Å². The number of rotatable bonds is 7. The van der Waals surface area contributed by atoms with E-state index in [0.29, 0.717) is 24.5 Å². The summed E-state index contributed by atoms with van der Waals surface area (Å²) in [5.74, 6) is 0.581. The Bertz CT molecular complexity index is 1110. The van der Waals surface area contributed by atoms with Gasteiger partial charge in [0.15, 0.2) is 6.10 Å². The summed E-state index contributed by atoms with van der Waals surface area (Å²) >= 11 is 0. The Morgan fingerprint density at radius 3 is 2.42 bits per heavy atom. The second-order valence-corrected chi connectivity index (χ2v) is 10.6. The van der Waals surface area contributed by atoms with E-state index in [2.05, 4.69) is 11.4 Å². The summed E-state index contributed by atoms with van der Waals surface area (Å²) in [6.45, 7) is 2.67. The first-order valence-electron chi connectivity index (χ1n) is 11.7. The highest BCUT2D eigenvalue weighted by Gasteiger charge is 2.29. The summed E-state index contributed by atoms with van der Waals surface area (Å²) in [5.41, 5.74) is 3.03. The quantitative estimate of drug-likeness (QED) is 0.654. The number of ether oxygens (including phenoxy) is 2. The van der Waals surface area contributed by atoms with E-state index in [4.69, 9.17) is 9.47 Å². The van der Waals surface area contributed by atoms with Crippen LogP contribution in [0.5, 0.6) is 11.5 Å². The molecule has 1 fully saturated rings. The monoisotopic (exact) mass is 472 g/mol. The number of anilines is 1. The highest BCUT2D eigenvalue weighted by atomic mass is 32.2. The first kappa shape index (κ1) is 23.6. The van der Waals surface area contributed by atoms with Gasteiger partial charge in [0.25, 0.3) is 5.91 Å². The molecule has 1 unspecified atom stereocenters. The molecule has 1 saturated heterocycles. The predicted molar refractivity (Wildman–Crippen MR) is 127 cm³/mol. The SMILES string of the molecule is COc1ccc(NC(=O)C(C)Oc2ccc3c(c2)CCCC3)cc1S(=O)(=O)N1CCCCC1. The second kappa shape index (κ2) is 10.1. The fraction of sp³-hybridized carbons (Fsp3) is 0.480. The average Bonchev–Trinajstić information content (AvgIpc) is 2.84. The van der Waals surface area contributed by atoms with Crippen LogP contribution in [-0.2, 0) is 27.7 Å². The van der Waals surface area contributed by atoms with E-state index in [9.17, 15) is 13.2 Å². The van der Waals surface area contributed by atoms with Crippen molar-refractivity contribution in [2.45, 2.75) is 62.9 Å². The minimum atomic E-state index is -3.71. The van der Waals surface area contributed by atoms with Crippen LogP contribution in [0.2, 0.25) is 0 Å². The third-order valence-electron chi connectivity index (χ3n) is 6.37. The maximum atomic E-state index is 13.2. The number of nitrogens with zero attached hydrogens (tertiary/aromatic N) is 1. The van der Waals surface area contributed by atoms with Crippen molar-refractivity contribution in [1.82, 2.24) is 4.31 Å². The van der Waals surface area contributed by atoms with Crippen molar-refractivity contribution < 1.29 is 22.7 Å². The van der Waals surface area contributed by atoms with Crippen LogP contribution in [0, 0.1) is 0 Å². The van der Waals surface area contributed by atoms with Crippen LogP contribution >= 0.6 is 0 Å². The third-order valence-corrected chi connectivity index (χ3v) is 8.29. The van der Waals surface area contributed by atoms with Gasteiger partial charge in [0, 0.05) is 18.8 Å². The third kappa shape index (κ3) is 5.33. The van der Waals surface area contributed by atoms with Crippen LogP contribution < -0.4 is 14.8 Å². The lowest BCUT2D eigenvalue weighted by atomic mass is 9.92. The average molecular weight is 473 g/mol. The molecular weight excluding hydrogens is 440 g/mol. The lowest BCUT2D eigenvalue weighted by Gasteiger charge is -2.26. The lowest BCUT2D eigenvalue weighted by Crippen LogP contribution is -2.36. The van der Waals surface area contributed by atoms with Gasteiger partial charge in [-0.3, -0.25) is 4.79 Å². The number of hydrogen-bond acceptors (Lipinski definition) is 5. The molecule has 1 aliphatic carbocycles. The first-order chi connectivity index (χ1) is 15.9. The highest BCUT2D eigenvalue weighted by molar-refractivity contribution is 7.89. The summed E-state index contributed by atoms with van der Waals surface area (Å²) in [6.07, 6.45) is 6.48. The zero-order chi connectivity index (χ0) is 23.4. The number of carbonyl (C=O) groups excluding carboxylic acids is 1. The minimum Gasteiger partial charge on any atom is -0.495 e. The first-order valence-corrected chi connectivity index (χ1v) is 13.1. The molecule has 8 heteroatoms. The summed E-state index contributed by atoms with van der Waals surface area (Å²) in [4.78, 5) is 12.9. The van der Waals surface area contributed by atoms with Crippen molar-refractivity contribution in [2.75, 3.05) is 25.5 Å². The van der Waals surface area contributed by atoms with Crippen molar-refractivity contribution in [3.05, 3.63) is 47.5 Å². The Labute approximate surface area is 196 Å². The number of piperidine rings is 1. The van der Waals surface area contributed by atoms with Gasteiger partial charge in [-0.2, -0.15) is 4.31 Å². The van der Waals surface area contributed by atoms with Gasteiger partial charge in [-0.1, -0.05) is 12.5 Å². The molecule has 0 saturated carbocycles. The Kier molecular flexibility index (Phi) is 7.24. The molecule has 0 bridgehead atoms. The fourth-order valence-corrected chi connectivity index (χ4v) is 6.18. The molecule has 2 aliphatic rings. The maximum absolute atomic E-state index is 13.2. The van der Waals surface area contributed by atoms with Crippen molar-refractivity contribution in [2.24, 2.45) is 0 Å². The van der Waals surface area contributed by atoms with Crippen molar-refractivity contribution >= 4 is 21.6 Å². The highest BCUT2D eigenvalue weighted by Crippen LogP contribution is 2.31. The van der Waals surface area contributed by atoms with Gasteiger partial charge in [0.05, 0.1) is 7.11 Å². The molecule has 2 aromatic carbocycles. The molecule has 7 nitrogen and oxygen atoms in total. The number of hydrogen-bond donors (Lipinski definition) is 1. The van der Waals surface area contributed by atoms with Crippen molar-refractivity contribution in [3.63, 3.8) is 0 Å². The van der Waals surface area contributed by atoms with E-state index in [1.54, 1.807) is 19.1 Å². The topological polar surface area (TPSA) is 84.9 Å². The standard InChI is InChI=1S/C25H32N2O5S/c1-18(32-22-12-10-19-8-4-5-9-20(19)16-22)25(28)26-21-11-13-23(31-2)24(17-21)33(29,30)27-14-6-3-7-15-27/h10-13,16-18H,3-9,14-15H2,1-2H3,(H,26,28). The number of methoxy groups -OCH3 is 1. The van der Waals surface area contributed by atoms with Crippen molar-refractivity contribution in [3.8, 4) is 11.5 Å². The number of benzene rings is 2. The molecule has 0 radical (unpaired) electrons. The zero-order valence-corrected chi connectivity index (χ0v) is 20.1. The van der Waals surface area contributed by atoms with Crippen LogP contribution in [0.25, 0.3) is 0 Å². The normalized spacial score (nSPS) is 17.6. The van der Waals surface area contributed by atoms with Gasteiger partial charge in [-0.05, 0) is 86.9 Å². The number of amides is 1. The summed E-state index contributed by atoms with van der Waals surface area (Å²) in [6, 6.07) is 10.7. The van der Waals surface area contributed by atoms with Crippen LogP contribution in [0.3, 0.4) is 0 Å². The molecule has 178 valence electrons. The van der Waals surface area contributed by atoms with Gasteiger partial charge in [0.2, 0.25) is 10.0 Å². The molecule has 1 atom stereocenters. The van der Waals surface area contributed by atoms with E-state index in [-0.39, 0.29) is 16.6 Å². The van der Waals surface area contributed by atoms with E-state index in [1.807, 2.05) is 12.1 Å². The number of carbonyl (C=O) groups is 1. The summed E-state index contributed by atoms with van der Waals surface area (Å²) < 4.78 is 39.1. The van der Waals surface area contributed by atoms with Crippen molar-refractivity contribution in [1.29, 1.82) is 0 Å². The van der Waals surface area contributed by atoms with Crippen LogP contribution in [0.1, 0.15) is 50.2 Å². The van der Waals surface area contributed by atoms with Gasteiger partial charge in [-0.25, -0.2) is 8.42 Å². The van der Waals surface area contributed by atoms with Crippen LogP contribution in [0.15, 0.2) is 41.3 Å². The zero-order valence-electron chi connectivity index (χ0n) is 19.3. The van der Waals surface area contributed by atoms with Gasteiger partial charge in [0.1, 0.15) is 16.4 Å². The Morgan fingerprint density at radius 1 is 0.970 bits per heavy atom. The maximum Gasteiger partial charge on any atom is 0.265 e. The molecule has 1 N–H and O–H groups in total. The van der Waals surface area contributed by atoms with E-state index >= 15 is 0 Å². The van der Waals surface area contributed by atoms with E-state index in [1.165, 1.54) is 41.4 Å². The van der Waals surface area contributed by atoms with Gasteiger partial charge >= 0.3 is 0 Å². The number of fused-ring (bicyclic) bond motifs is 1. The van der Waals surface area contributed by atoms with Gasteiger partial charge < -0.3 is 14.8 Å². The van der Waals surface area contributed by atoms with E-state index < -0.39 is 16.1 Å². The smallest absolute Gasteiger partial charge is 0.265 e. The fourth-order valence-electron chi connectivity index (χ4n) is 4.49. The molecule has 1 aliphatic heterocycles. The Hall–Kier alpha value is -2.58. The molecule has 0 aromatic heterocycles. The minimum absolute atomic E-state index is 0.0629. The lowest BCUT2D eigenvalue weighted by molar-refractivity contribution is -0.122. The molecule has 4 rings (SSSR count). The summed E-state index contributed by atoms with van der Waals surface area (Å²) in [7, 11) is -2.27. The Morgan fingerprint density at radius 2 is 1.70 bits per heavy atom. The largest absolute Gasteiger partial charge is 0.495 e. The molecule has 2 aromatic rings. The number of sulfonamides is 1. The number of nitrogens with one attached hydrogen (secondary N) is 1. The predicted octanol–water partition coefficient (Wildman–Crippen LogP) is 4.15. The molecule has 0 spiro atoms. The second-order valence-electron chi connectivity index (χ2n) is 8.72. The molecule has 1 heterocycles. The molecule has 33 heavy (non-hydrogen) atoms.